The molecule has 0 aromatic heterocycles. The number of rotatable bonds is 16. The lowest BCUT2D eigenvalue weighted by atomic mass is 9.96. The number of aliphatic hydroxyl groups excluding tert-OH is 11. The molecule has 25 heteroatoms. The van der Waals surface area contributed by atoms with Crippen molar-refractivity contribution in [3.63, 3.8) is 0 Å². The van der Waals surface area contributed by atoms with Gasteiger partial charge in [0.05, 0.1) is 33.0 Å². The van der Waals surface area contributed by atoms with Gasteiger partial charge in [-0.05, 0) is 47.9 Å². The van der Waals surface area contributed by atoms with Gasteiger partial charge in [-0.3, -0.25) is 0 Å². The van der Waals surface area contributed by atoms with Gasteiger partial charge in [-0.25, -0.2) is 4.79 Å². The van der Waals surface area contributed by atoms with Crippen molar-refractivity contribution in [1.82, 2.24) is 0 Å². The van der Waals surface area contributed by atoms with Crippen LogP contribution in [-0.2, 0) is 53.8 Å². The molecule has 4 aliphatic heterocycles. The second-order valence-electron chi connectivity index (χ2n) is 15.6. The first-order valence-electron chi connectivity index (χ1n) is 20.3. The maximum atomic E-state index is 13.4. The summed E-state index contributed by atoms with van der Waals surface area (Å²) < 4.78 is 51.4. The molecule has 0 unspecified atom stereocenters. The topological polar surface area (TPSA) is 404 Å². The molecule has 4 heterocycles. The molecule has 0 amide bonds. The molecule has 65 heavy (non-hydrogen) atoms. The average molecular weight is 935 g/mol. The summed E-state index contributed by atoms with van der Waals surface area (Å²) in [5, 5.41) is 155. The lowest BCUT2D eigenvalue weighted by molar-refractivity contribution is -0.369. The normalized spacial score (nSPS) is 39.0. The summed E-state index contributed by atoms with van der Waals surface area (Å²) in [7, 11) is 0. The number of aromatic hydroxyl groups is 4. The van der Waals surface area contributed by atoms with E-state index in [1.54, 1.807) is 0 Å². The molecule has 0 bridgehead atoms. The Kier molecular flexibility index (Phi) is 17.3. The summed E-state index contributed by atoms with van der Waals surface area (Å²) in [6, 6.07) is 7.59. The molecule has 0 aliphatic carbocycles. The van der Waals surface area contributed by atoms with Crippen LogP contribution < -0.4 is 0 Å². The second kappa shape index (κ2) is 22.3. The highest BCUT2D eigenvalue weighted by atomic mass is 16.8. The number of benzene rings is 2. The van der Waals surface area contributed by atoms with Gasteiger partial charge in [0.2, 0.25) is 0 Å². The van der Waals surface area contributed by atoms with Crippen LogP contribution in [0.5, 0.6) is 23.0 Å². The number of carbonyl (C=O) groups excluding carboxylic acids is 1. The van der Waals surface area contributed by atoms with E-state index in [2.05, 4.69) is 0 Å². The summed E-state index contributed by atoms with van der Waals surface area (Å²) >= 11 is 0. The van der Waals surface area contributed by atoms with Gasteiger partial charge in [0.1, 0.15) is 85.5 Å². The monoisotopic (exact) mass is 934 g/mol. The van der Waals surface area contributed by atoms with Crippen LogP contribution >= 0.6 is 0 Å². The van der Waals surface area contributed by atoms with Crippen LogP contribution in [0.3, 0.4) is 0 Å². The molecule has 0 spiro atoms. The van der Waals surface area contributed by atoms with E-state index in [4.69, 9.17) is 42.6 Å². The smallest absolute Gasteiger partial charge is 0.331 e. The second-order valence-corrected chi connectivity index (χ2v) is 15.6. The molecule has 2 aromatic carbocycles. The van der Waals surface area contributed by atoms with Crippen LogP contribution in [0.15, 0.2) is 42.5 Å². The van der Waals surface area contributed by atoms with Crippen molar-refractivity contribution in [3.8, 4) is 23.0 Å². The van der Waals surface area contributed by atoms with E-state index in [0.29, 0.717) is 5.56 Å². The van der Waals surface area contributed by atoms with Crippen molar-refractivity contribution in [2.24, 2.45) is 0 Å². The minimum absolute atomic E-state index is 0.0621. The Morgan fingerprint density at radius 2 is 1.18 bits per heavy atom. The highest BCUT2D eigenvalue weighted by molar-refractivity contribution is 5.87. The lowest BCUT2D eigenvalue weighted by Gasteiger charge is -2.47. The first kappa shape index (κ1) is 50.5. The van der Waals surface area contributed by atoms with Crippen LogP contribution in [-0.4, -0.2) is 232 Å². The van der Waals surface area contributed by atoms with E-state index in [9.17, 15) is 81.4 Å². The number of aliphatic hydroxyl groups is 11. The standard InChI is InChI=1S/C40H54O25/c41-11-22-27(50)28(51)31(54)40(60-22)64-34-23(12-42)61-37(32(55)29(34)52)59-14-24-35(63-25(48)6-3-15-1-4-17(43)19(45)9-15)36(65-38-30(53)26(49)21(47)13-58-38)33(56)39(62-24)57-8-7-16-2-5-18(44)20(46)10-16/h1-6,9-10,21-24,26-47,49-56H,7-8,11-14H2/b6-3+/t21-,22-,23-,24-,26+,27-,28+,29-,30-,31-,32-,33-,34-,35-,36-,37-,38+,39-,40+/m1/s1. The quantitative estimate of drug-likeness (QED) is 0.0424. The predicted molar refractivity (Wildman–Crippen MR) is 208 cm³/mol. The SMILES string of the molecule is O=C(/C=C/c1ccc(O)c(O)c1)O[C@H]1[C@H](O[C@@H]2OC[C@@H](O)[C@H](O)[C@H]2O)[C@@H](O)[C@H](OCCc2ccc(O)c(O)c2)O[C@@H]1CO[C@@H]1O[C@H](CO)[C@@H](O[C@@H]2O[C@H](CO)[C@@H](O)[C@H](O)[C@H]2O)[C@H](O)[C@H]1O. The van der Waals surface area contributed by atoms with E-state index in [0.717, 1.165) is 18.2 Å². The molecule has 4 aliphatic rings. The van der Waals surface area contributed by atoms with Gasteiger partial charge in [-0.1, -0.05) is 12.1 Å². The molecule has 364 valence electrons. The van der Waals surface area contributed by atoms with E-state index >= 15 is 0 Å². The number of carbonyl (C=O) groups is 1. The number of phenols is 4. The Morgan fingerprint density at radius 3 is 1.86 bits per heavy atom. The Bertz CT molecular complexity index is 1880. The minimum Gasteiger partial charge on any atom is -0.504 e. The highest BCUT2D eigenvalue weighted by Crippen LogP contribution is 2.34. The summed E-state index contributed by atoms with van der Waals surface area (Å²) in [5.41, 5.74) is 0.695. The van der Waals surface area contributed by atoms with Crippen molar-refractivity contribution in [2.75, 3.05) is 33.0 Å². The highest BCUT2D eigenvalue weighted by Gasteiger charge is 2.54. The van der Waals surface area contributed by atoms with Gasteiger partial charge in [0, 0.05) is 6.08 Å². The number of phenolic OH excluding ortho intramolecular Hbond substituents is 4. The van der Waals surface area contributed by atoms with Gasteiger partial charge in [-0.2, -0.15) is 0 Å². The molecule has 6 rings (SSSR count). The van der Waals surface area contributed by atoms with Crippen LogP contribution in [0.25, 0.3) is 6.08 Å². The average Bonchev–Trinajstić information content (AvgIpc) is 3.28. The van der Waals surface area contributed by atoms with Crippen LogP contribution in [0.1, 0.15) is 11.1 Å². The molecule has 4 fully saturated rings. The van der Waals surface area contributed by atoms with E-state index in [-0.39, 0.29) is 24.3 Å². The largest absolute Gasteiger partial charge is 0.504 e. The summed E-state index contributed by atoms with van der Waals surface area (Å²) in [6.45, 7) is -3.30. The first-order chi connectivity index (χ1) is 30.9. The minimum atomic E-state index is -2.04. The first-order valence-corrected chi connectivity index (χ1v) is 20.3. The van der Waals surface area contributed by atoms with E-state index < -0.39 is 166 Å². The summed E-state index contributed by atoms with van der Waals surface area (Å²) in [6.07, 6.45) is -31.7. The molecular weight excluding hydrogens is 880 g/mol. The van der Waals surface area contributed by atoms with Crippen molar-refractivity contribution >= 4 is 12.0 Å². The maximum Gasteiger partial charge on any atom is 0.331 e. The van der Waals surface area contributed by atoms with Gasteiger partial charge in [0.15, 0.2) is 54.3 Å². The fourth-order valence-corrected chi connectivity index (χ4v) is 7.40. The van der Waals surface area contributed by atoms with Crippen molar-refractivity contribution < 1.29 is 124 Å². The zero-order valence-electron chi connectivity index (χ0n) is 34.1. The third kappa shape index (κ3) is 11.8. The molecule has 15 N–H and O–H groups in total. The number of esters is 1. The summed E-state index contributed by atoms with van der Waals surface area (Å²) in [5.74, 6) is -2.89. The fourth-order valence-electron chi connectivity index (χ4n) is 7.40. The number of ether oxygens (including phenoxy) is 9. The Balaban J connectivity index is 1.25. The third-order valence-electron chi connectivity index (χ3n) is 11.1. The summed E-state index contributed by atoms with van der Waals surface area (Å²) in [4.78, 5) is 13.4. The molecule has 25 nitrogen and oxygen atoms in total. The fraction of sp³-hybridized carbons (Fsp3) is 0.625. The molecule has 0 saturated carbocycles. The molecule has 0 radical (unpaired) electrons. The van der Waals surface area contributed by atoms with Gasteiger partial charge >= 0.3 is 5.97 Å². The van der Waals surface area contributed by atoms with Crippen LogP contribution in [0.2, 0.25) is 0 Å². The van der Waals surface area contributed by atoms with Crippen molar-refractivity contribution in [1.29, 1.82) is 0 Å². The third-order valence-corrected chi connectivity index (χ3v) is 11.1. The molecule has 19 atom stereocenters. The maximum absolute atomic E-state index is 13.4. The van der Waals surface area contributed by atoms with Crippen LogP contribution in [0.4, 0.5) is 0 Å². The van der Waals surface area contributed by atoms with Gasteiger partial charge in [0.25, 0.3) is 0 Å². The molecule has 4 saturated heterocycles. The Hall–Kier alpha value is -3.91. The number of hydrogen-bond donors (Lipinski definition) is 15. The zero-order valence-corrected chi connectivity index (χ0v) is 34.1. The Morgan fingerprint density at radius 1 is 0.585 bits per heavy atom. The van der Waals surface area contributed by atoms with E-state index in [1.807, 2.05) is 0 Å². The number of hydrogen-bond acceptors (Lipinski definition) is 25. The Labute approximate surface area is 368 Å². The van der Waals surface area contributed by atoms with Gasteiger partial charge < -0.3 is 119 Å². The lowest BCUT2D eigenvalue weighted by Crippen LogP contribution is -2.66. The van der Waals surface area contributed by atoms with Crippen molar-refractivity contribution in [2.45, 2.75) is 123 Å². The molecule has 2 aromatic rings. The molecular formula is C40H54O25. The van der Waals surface area contributed by atoms with Crippen LogP contribution in [0, 0.1) is 0 Å². The van der Waals surface area contributed by atoms with Crippen molar-refractivity contribution in [3.05, 3.63) is 53.6 Å². The van der Waals surface area contributed by atoms with E-state index in [1.165, 1.54) is 30.3 Å². The van der Waals surface area contributed by atoms with Gasteiger partial charge in [-0.15, -0.1) is 0 Å². The zero-order chi connectivity index (χ0) is 47.3. The predicted octanol–water partition coefficient (Wildman–Crippen LogP) is -5.76.